The molecule has 1 aliphatic heterocycles. The molecule has 0 radical (unpaired) electrons. The molecule has 0 unspecified atom stereocenters. The van der Waals surface area contributed by atoms with Crippen LogP contribution in [-0.2, 0) is 4.79 Å². The number of thiazole rings is 2. The van der Waals surface area contributed by atoms with Crippen LogP contribution in [-0.4, -0.2) is 35.6 Å². The van der Waals surface area contributed by atoms with Crippen LogP contribution in [0.5, 0.6) is 5.75 Å². The van der Waals surface area contributed by atoms with E-state index in [0.29, 0.717) is 11.7 Å². The van der Waals surface area contributed by atoms with Gasteiger partial charge in [-0.05, 0) is 62.6 Å². The van der Waals surface area contributed by atoms with Crippen LogP contribution in [0.4, 0.5) is 10.3 Å². The molecule has 3 heterocycles. The first kappa shape index (κ1) is 20.2. The summed E-state index contributed by atoms with van der Waals surface area (Å²) in [7, 11) is 0. The minimum absolute atomic E-state index is 0.00105. The van der Waals surface area contributed by atoms with E-state index in [1.54, 1.807) is 11.3 Å². The molecule has 160 valence electrons. The van der Waals surface area contributed by atoms with Crippen LogP contribution in [0.25, 0.3) is 20.4 Å². The molecule has 8 heteroatoms. The van der Waals surface area contributed by atoms with Gasteiger partial charge in [-0.15, -0.1) is 0 Å². The summed E-state index contributed by atoms with van der Waals surface area (Å²) in [6, 6.07) is 12.2. The average molecular weight is 453 g/mol. The Morgan fingerprint density at radius 3 is 2.65 bits per heavy atom. The van der Waals surface area contributed by atoms with Gasteiger partial charge in [0.15, 0.2) is 10.3 Å². The first-order valence-corrected chi connectivity index (χ1v) is 12.2. The maximum Gasteiger partial charge on any atom is 0.229 e. The van der Waals surface area contributed by atoms with Crippen molar-refractivity contribution in [2.24, 2.45) is 5.92 Å². The Balaban J connectivity index is 1.22. The lowest BCUT2D eigenvalue weighted by Gasteiger charge is -2.30. The van der Waals surface area contributed by atoms with Crippen molar-refractivity contribution in [1.82, 2.24) is 9.97 Å². The van der Waals surface area contributed by atoms with Crippen LogP contribution in [0.1, 0.15) is 25.3 Å². The van der Waals surface area contributed by atoms with E-state index in [2.05, 4.69) is 40.3 Å². The zero-order valence-corrected chi connectivity index (χ0v) is 19.2. The fourth-order valence-corrected chi connectivity index (χ4v) is 5.92. The topological polar surface area (TPSA) is 67.3 Å². The van der Waals surface area contributed by atoms with Gasteiger partial charge in [0.1, 0.15) is 5.75 Å². The highest BCUT2D eigenvalue weighted by Gasteiger charge is 2.27. The van der Waals surface area contributed by atoms with Crippen molar-refractivity contribution in [3.63, 3.8) is 0 Å². The quantitative estimate of drug-likeness (QED) is 0.435. The SMILES string of the molecule is CCOc1ccc2nc(NC(=O)C3CCN(c4nc5ccc(C)cc5s4)CC3)sc2c1. The molecule has 0 aliphatic carbocycles. The van der Waals surface area contributed by atoms with E-state index in [1.807, 2.05) is 25.1 Å². The first-order chi connectivity index (χ1) is 15.1. The number of hydrogen-bond donors (Lipinski definition) is 1. The molecule has 31 heavy (non-hydrogen) atoms. The molecule has 6 nitrogen and oxygen atoms in total. The van der Waals surface area contributed by atoms with Crippen molar-refractivity contribution in [2.75, 3.05) is 29.9 Å². The van der Waals surface area contributed by atoms with E-state index >= 15 is 0 Å². The summed E-state index contributed by atoms with van der Waals surface area (Å²) in [5, 5.41) is 4.73. The number of rotatable bonds is 5. The van der Waals surface area contributed by atoms with Crippen LogP contribution >= 0.6 is 22.7 Å². The minimum atomic E-state index is -0.00105. The van der Waals surface area contributed by atoms with Crippen molar-refractivity contribution < 1.29 is 9.53 Å². The number of ether oxygens (including phenoxy) is 1. The van der Waals surface area contributed by atoms with Gasteiger partial charge in [0.25, 0.3) is 0 Å². The van der Waals surface area contributed by atoms with E-state index in [-0.39, 0.29) is 11.8 Å². The number of nitrogens with zero attached hydrogens (tertiary/aromatic N) is 3. The molecule has 1 N–H and O–H groups in total. The van der Waals surface area contributed by atoms with Crippen molar-refractivity contribution in [2.45, 2.75) is 26.7 Å². The van der Waals surface area contributed by atoms with Gasteiger partial charge in [-0.25, -0.2) is 9.97 Å². The molecule has 1 saturated heterocycles. The Labute approximate surface area is 188 Å². The third-order valence-corrected chi connectivity index (χ3v) is 7.58. The first-order valence-electron chi connectivity index (χ1n) is 10.6. The summed E-state index contributed by atoms with van der Waals surface area (Å²) < 4.78 is 7.79. The maximum atomic E-state index is 12.8. The molecule has 4 aromatic rings. The lowest BCUT2D eigenvalue weighted by atomic mass is 9.96. The fraction of sp³-hybridized carbons (Fsp3) is 0.348. The zero-order valence-electron chi connectivity index (χ0n) is 17.6. The van der Waals surface area contributed by atoms with E-state index in [9.17, 15) is 4.79 Å². The highest BCUT2D eigenvalue weighted by molar-refractivity contribution is 7.22. The van der Waals surface area contributed by atoms with Crippen molar-refractivity contribution in [3.8, 4) is 5.75 Å². The number of piperidine rings is 1. The third-order valence-electron chi connectivity index (χ3n) is 5.57. The normalized spacial score (nSPS) is 15.0. The second-order valence-corrected chi connectivity index (χ2v) is 9.84. The van der Waals surface area contributed by atoms with Gasteiger partial charge in [0.2, 0.25) is 5.91 Å². The molecular weight excluding hydrogens is 428 g/mol. The lowest BCUT2D eigenvalue weighted by Crippen LogP contribution is -2.38. The molecule has 0 spiro atoms. The molecule has 0 atom stereocenters. The van der Waals surface area contributed by atoms with Gasteiger partial charge in [0.05, 0.1) is 27.0 Å². The Bertz CT molecular complexity index is 1240. The van der Waals surface area contributed by atoms with Gasteiger partial charge in [-0.1, -0.05) is 28.7 Å². The van der Waals surface area contributed by atoms with E-state index in [1.165, 1.54) is 21.6 Å². The fourth-order valence-electron chi connectivity index (χ4n) is 3.91. The molecule has 0 bridgehead atoms. The average Bonchev–Trinajstić information content (AvgIpc) is 3.36. The number of benzene rings is 2. The number of nitrogens with one attached hydrogen (secondary N) is 1. The Morgan fingerprint density at radius 1 is 1.10 bits per heavy atom. The zero-order chi connectivity index (χ0) is 21.4. The van der Waals surface area contributed by atoms with E-state index in [4.69, 9.17) is 9.72 Å². The summed E-state index contributed by atoms with van der Waals surface area (Å²) in [5.74, 6) is 0.886. The summed E-state index contributed by atoms with van der Waals surface area (Å²) in [5.41, 5.74) is 3.18. The monoisotopic (exact) mass is 452 g/mol. The van der Waals surface area contributed by atoms with E-state index < -0.39 is 0 Å². The smallest absolute Gasteiger partial charge is 0.229 e. The highest BCUT2D eigenvalue weighted by atomic mass is 32.1. The number of anilines is 2. The number of aromatic nitrogens is 2. The number of amides is 1. The predicted octanol–water partition coefficient (Wildman–Crippen LogP) is 5.47. The summed E-state index contributed by atoms with van der Waals surface area (Å²) >= 11 is 3.22. The Hall–Kier alpha value is -2.71. The van der Waals surface area contributed by atoms with E-state index in [0.717, 1.165) is 52.5 Å². The van der Waals surface area contributed by atoms with Crippen LogP contribution in [0, 0.1) is 12.8 Å². The third kappa shape index (κ3) is 4.22. The number of aryl methyl sites for hydroxylation is 1. The Kier molecular flexibility index (Phi) is 5.50. The maximum absolute atomic E-state index is 12.8. The second-order valence-electron chi connectivity index (χ2n) is 7.80. The van der Waals surface area contributed by atoms with Crippen molar-refractivity contribution in [1.29, 1.82) is 0 Å². The summed E-state index contributed by atoms with van der Waals surface area (Å²) in [6.07, 6.45) is 1.64. The van der Waals surface area contributed by atoms with Crippen molar-refractivity contribution >= 4 is 59.3 Å². The van der Waals surface area contributed by atoms with Gasteiger partial charge >= 0.3 is 0 Å². The molecule has 1 amide bonds. The van der Waals surface area contributed by atoms with Crippen LogP contribution < -0.4 is 15.0 Å². The number of hydrogen-bond acceptors (Lipinski definition) is 7. The lowest BCUT2D eigenvalue weighted by molar-refractivity contribution is -0.120. The van der Waals surface area contributed by atoms with Crippen LogP contribution in [0.15, 0.2) is 36.4 Å². The molecule has 2 aromatic heterocycles. The summed E-state index contributed by atoms with van der Waals surface area (Å²) in [6.45, 7) is 6.38. The molecule has 1 aliphatic rings. The van der Waals surface area contributed by atoms with Gasteiger partial charge < -0.3 is 15.0 Å². The molecule has 5 rings (SSSR count). The summed E-state index contributed by atoms with van der Waals surface area (Å²) in [4.78, 5) is 24.5. The van der Waals surface area contributed by atoms with Gasteiger partial charge in [-0.2, -0.15) is 0 Å². The van der Waals surface area contributed by atoms with Gasteiger partial charge in [-0.3, -0.25) is 4.79 Å². The van der Waals surface area contributed by atoms with Gasteiger partial charge in [0, 0.05) is 19.0 Å². The number of carbonyl (C=O) groups excluding carboxylic acids is 1. The number of carbonyl (C=O) groups is 1. The molecular formula is C23H24N4O2S2. The molecule has 2 aromatic carbocycles. The number of fused-ring (bicyclic) bond motifs is 2. The molecule has 1 fully saturated rings. The predicted molar refractivity (Wildman–Crippen MR) is 129 cm³/mol. The standard InChI is InChI=1S/C23H24N4O2S2/c1-3-29-16-5-7-17-20(13-16)30-22(24-17)26-21(28)15-8-10-27(11-9-15)23-25-18-6-4-14(2)12-19(18)31-23/h4-7,12-13,15H,3,8-11H2,1-2H3,(H,24,26,28). The Morgan fingerprint density at radius 2 is 1.84 bits per heavy atom. The second kappa shape index (κ2) is 8.43. The molecule has 0 saturated carbocycles. The van der Waals surface area contributed by atoms with Crippen LogP contribution in [0.3, 0.4) is 0 Å². The minimum Gasteiger partial charge on any atom is -0.494 e. The largest absolute Gasteiger partial charge is 0.494 e. The van der Waals surface area contributed by atoms with Crippen molar-refractivity contribution in [3.05, 3.63) is 42.0 Å². The highest BCUT2D eigenvalue weighted by Crippen LogP contribution is 2.33. The van der Waals surface area contributed by atoms with Crippen LogP contribution in [0.2, 0.25) is 0 Å².